The molecule has 2 saturated heterocycles. The van der Waals surface area contributed by atoms with Crippen LogP contribution >= 0.6 is 0 Å². The van der Waals surface area contributed by atoms with Crippen LogP contribution in [0.15, 0.2) is 0 Å². The highest BCUT2D eigenvalue weighted by molar-refractivity contribution is 6.02. The van der Waals surface area contributed by atoms with Crippen molar-refractivity contribution in [2.45, 2.75) is 46.3 Å². The fraction of sp³-hybridized carbons (Fsp3) is 0.667. The van der Waals surface area contributed by atoms with Crippen LogP contribution in [0.3, 0.4) is 0 Å². The number of carbonyl (C=O) groups is 2. The zero-order valence-electron chi connectivity index (χ0n) is 14.7. The molecule has 2 aliphatic heterocycles. The Hall–Kier alpha value is -1.66. The van der Waals surface area contributed by atoms with Gasteiger partial charge in [0.2, 0.25) is 0 Å². The molecule has 1 amide bonds. The number of hydrogen-bond acceptors (Lipinski definition) is 4. The predicted molar refractivity (Wildman–Crippen MR) is 89.2 cm³/mol. The van der Waals surface area contributed by atoms with Crippen molar-refractivity contribution in [2.75, 3.05) is 26.3 Å². The number of Topliss-reactive ketones (excluding diaryl/α,β-unsaturated/α-hetero) is 1. The van der Waals surface area contributed by atoms with Gasteiger partial charge in [0, 0.05) is 30.3 Å². The number of hydrogen-bond donors (Lipinski definition) is 1. The number of aromatic nitrogens is 1. The van der Waals surface area contributed by atoms with E-state index in [1.54, 1.807) is 6.92 Å². The van der Waals surface area contributed by atoms with E-state index in [0.29, 0.717) is 37.4 Å². The molecule has 2 aliphatic rings. The van der Waals surface area contributed by atoms with E-state index in [0.717, 1.165) is 30.6 Å². The Morgan fingerprint density at radius 1 is 1.29 bits per heavy atom. The van der Waals surface area contributed by atoms with E-state index in [2.05, 4.69) is 4.98 Å². The van der Waals surface area contributed by atoms with Gasteiger partial charge in [0.25, 0.3) is 5.91 Å². The second-order valence-electron chi connectivity index (χ2n) is 6.65. The molecule has 0 spiro atoms. The molecule has 6 heteroatoms. The van der Waals surface area contributed by atoms with Crippen LogP contribution in [0, 0.1) is 12.8 Å². The first kappa shape index (κ1) is 17.2. The molecule has 1 N–H and O–H groups in total. The van der Waals surface area contributed by atoms with Crippen LogP contribution in [0.4, 0.5) is 0 Å². The molecule has 132 valence electrons. The molecule has 6 nitrogen and oxygen atoms in total. The zero-order chi connectivity index (χ0) is 17.3. The second-order valence-corrected chi connectivity index (χ2v) is 6.65. The van der Waals surface area contributed by atoms with Crippen LogP contribution in [0.2, 0.25) is 0 Å². The minimum atomic E-state index is -0.190. The van der Waals surface area contributed by atoms with E-state index < -0.39 is 0 Å². The first-order valence-corrected chi connectivity index (χ1v) is 8.77. The lowest BCUT2D eigenvalue weighted by Gasteiger charge is -2.34. The van der Waals surface area contributed by atoms with Crippen LogP contribution < -0.4 is 0 Å². The third kappa shape index (κ3) is 3.13. The van der Waals surface area contributed by atoms with Crippen LogP contribution in [0.5, 0.6) is 0 Å². The summed E-state index contributed by atoms with van der Waals surface area (Å²) in [5.74, 6) is 0.202. The normalized spacial score (nSPS) is 22.1. The van der Waals surface area contributed by atoms with Crippen LogP contribution in [0.25, 0.3) is 0 Å². The molecule has 3 rings (SSSR count). The molecule has 0 aliphatic carbocycles. The van der Waals surface area contributed by atoms with Gasteiger partial charge in [0.1, 0.15) is 5.69 Å². The lowest BCUT2D eigenvalue weighted by molar-refractivity contribution is -0.0969. The Balaban J connectivity index is 1.81. The van der Waals surface area contributed by atoms with Gasteiger partial charge >= 0.3 is 0 Å². The highest BCUT2D eigenvalue weighted by atomic mass is 16.7. The van der Waals surface area contributed by atoms with E-state index in [9.17, 15) is 9.59 Å². The number of carbonyl (C=O) groups excluding carboxylic acids is 2. The standard InChI is InChI=1S/C18H26N2O4/c1-4-14-15(12(3)21)11(2)19-16(14)17(22)20-7-5-6-13(10-20)18-23-8-9-24-18/h13,18-19H,4-10H2,1-3H3. The molecule has 1 aromatic rings. The fourth-order valence-electron chi connectivity index (χ4n) is 3.91. The summed E-state index contributed by atoms with van der Waals surface area (Å²) in [7, 11) is 0. The molecule has 0 saturated carbocycles. The predicted octanol–water partition coefficient (Wildman–Crippen LogP) is 2.31. The number of amides is 1. The van der Waals surface area contributed by atoms with Crippen LogP contribution in [0.1, 0.15) is 58.8 Å². The first-order chi connectivity index (χ1) is 11.5. The summed E-state index contributed by atoms with van der Waals surface area (Å²) in [6.45, 7) is 8.02. The highest BCUT2D eigenvalue weighted by Crippen LogP contribution is 2.27. The number of rotatable bonds is 4. The Morgan fingerprint density at radius 2 is 2.00 bits per heavy atom. The van der Waals surface area contributed by atoms with Crippen molar-refractivity contribution in [2.24, 2.45) is 5.92 Å². The van der Waals surface area contributed by atoms with Crippen molar-refractivity contribution in [1.29, 1.82) is 0 Å². The van der Waals surface area contributed by atoms with Gasteiger partial charge in [-0.3, -0.25) is 9.59 Å². The average Bonchev–Trinajstić information content (AvgIpc) is 3.21. The van der Waals surface area contributed by atoms with E-state index >= 15 is 0 Å². The third-order valence-corrected chi connectivity index (χ3v) is 4.99. The number of ether oxygens (including phenoxy) is 2. The maximum absolute atomic E-state index is 13.0. The lowest BCUT2D eigenvalue weighted by Crippen LogP contribution is -2.44. The van der Waals surface area contributed by atoms with Gasteiger partial charge in [-0.1, -0.05) is 6.92 Å². The Bertz CT molecular complexity index is 631. The molecule has 3 heterocycles. The Labute approximate surface area is 142 Å². The molecule has 0 bridgehead atoms. The zero-order valence-corrected chi connectivity index (χ0v) is 14.7. The number of nitrogens with zero attached hydrogens (tertiary/aromatic N) is 1. The van der Waals surface area contributed by atoms with E-state index in [-0.39, 0.29) is 23.9 Å². The molecule has 24 heavy (non-hydrogen) atoms. The van der Waals surface area contributed by atoms with Crippen molar-refractivity contribution in [3.05, 3.63) is 22.5 Å². The van der Waals surface area contributed by atoms with Crippen molar-refractivity contribution >= 4 is 11.7 Å². The fourth-order valence-corrected chi connectivity index (χ4v) is 3.91. The minimum Gasteiger partial charge on any atom is -0.354 e. The van der Waals surface area contributed by atoms with Gasteiger partial charge in [-0.05, 0) is 38.7 Å². The number of H-pyrrole nitrogens is 1. The first-order valence-electron chi connectivity index (χ1n) is 8.77. The number of aromatic amines is 1. The summed E-state index contributed by atoms with van der Waals surface area (Å²) in [6, 6.07) is 0. The number of piperidine rings is 1. The summed E-state index contributed by atoms with van der Waals surface area (Å²) in [6.07, 6.45) is 2.43. The van der Waals surface area contributed by atoms with Crippen molar-refractivity contribution in [3.8, 4) is 0 Å². The van der Waals surface area contributed by atoms with E-state index in [1.807, 2.05) is 18.7 Å². The summed E-state index contributed by atoms with van der Waals surface area (Å²) in [5, 5.41) is 0. The molecule has 1 unspecified atom stereocenters. The molecular weight excluding hydrogens is 308 g/mol. The van der Waals surface area contributed by atoms with Crippen molar-refractivity contribution in [3.63, 3.8) is 0 Å². The Morgan fingerprint density at radius 3 is 2.62 bits per heavy atom. The van der Waals surface area contributed by atoms with E-state index in [1.165, 1.54) is 0 Å². The molecular formula is C18H26N2O4. The maximum Gasteiger partial charge on any atom is 0.270 e. The van der Waals surface area contributed by atoms with Crippen molar-refractivity contribution in [1.82, 2.24) is 9.88 Å². The SMILES string of the molecule is CCc1c(C(=O)N2CCCC(C3OCCO3)C2)[nH]c(C)c1C(C)=O. The smallest absolute Gasteiger partial charge is 0.270 e. The molecule has 2 fully saturated rings. The summed E-state index contributed by atoms with van der Waals surface area (Å²) < 4.78 is 11.2. The number of likely N-dealkylation sites (tertiary alicyclic amines) is 1. The number of ketones is 1. The van der Waals surface area contributed by atoms with Gasteiger partial charge in [0.05, 0.1) is 13.2 Å². The second kappa shape index (κ2) is 7.07. The van der Waals surface area contributed by atoms with Gasteiger partial charge < -0.3 is 19.4 Å². The van der Waals surface area contributed by atoms with Gasteiger partial charge in [-0.15, -0.1) is 0 Å². The minimum absolute atomic E-state index is 0.00364. The Kier molecular flexibility index (Phi) is 5.06. The summed E-state index contributed by atoms with van der Waals surface area (Å²) in [5.41, 5.74) is 2.84. The lowest BCUT2D eigenvalue weighted by atomic mass is 9.96. The van der Waals surface area contributed by atoms with E-state index in [4.69, 9.17) is 9.47 Å². The largest absolute Gasteiger partial charge is 0.354 e. The number of aryl methyl sites for hydroxylation is 1. The average molecular weight is 334 g/mol. The number of nitrogens with one attached hydrogen (secondary N) is 1. The van der Waals surface area contributed by atoms with Crippen molar-refractivity contribution < 1.29 is 19.1 Å². The van der Waals surface area contributed by atoms with Gasteiger partial charge in [0.15, 0.2) is 12.1 Å². The molecule has 0 radical (unpaired) electrons. The molecule has 1 aromatic heterocycles. The topological polar surface area (TPSA) is 71.6 Å². The molecule has 0 aromatic carbocycles. The highest BCUT2D eigenvalue weighted by Gasteiger charge is 2.34. The summed E-state index contributed by atoms with van der Waals surface area (Å²) >= 11 is 0. The molecule has 1 atom stereocenters. The monoisotopic (exact) mass is 334 g/mol. The summed E-state index contributed by atoms with van der Waals surface area (Å²) in [4.78, 5) is 30.0. The maximum atomic E-state index is 13.0. The van der Waals surface area contributed by atoms with Crippen LogP contribution in [-0.4, -0.2) is 54.2 Å². The van der Waals surface area contributed by atoms with Crippen LogP contribution in [-0.2, 0) is 15.9 Å². The third-order valence-electron chi connectivity index (χ3n) is 4.99. The quantitative estimate of drug-likeness (QED) is 0.858. The van der Waals surface area contributed by atoms with Gasteiger partial charge in [-0.2, -0.15) is 0 Å². The van der Waals surface area contributed by atoms with Gasteiger partial charge in [-0.25, -0.2) is 0 Å².